The molecule has 2 aromatic carbocycles. The zero-order valence-corrected chi connectivity index (χ0v) is 20.1. The average molecular weight is 497 g/mol. The van der Waals surface area contributed by atoms with E-state index in [0.29, 0.717) is 42.8 Å². The van der Waals surface area contributed by atoms with Gasteiger partial charge in [-0.2, -0.15) is 0 Å². The third-order valence-corrected chi connectivity index (χ3v) is 6.82. The molecule has 2 aliphatic heterocycles. The van der Waals surface area contributed by atoms with Crippen LogP contribution in [0.5, 0.6) is 0 Å². The molecule has 1 atom stereocenters. The number of likely N-dealkylation sites (tertiary alicyclic amines) is 1. The lowest BCUT2D eigenvalue weighted by Crippen LogP contribution is -2.42. The highest BCUT2D eigenvalue weighted by molar-refractivity contribution is 8.18. The molecular formula is C26H25FN2O5S. The van der Waals surface area contributed by atoms with Crippen LogP contribution in [-0.4, -0.2) is 52.5 Å². The number of nitrogens with zero attached hydrogens (tertiary/aromatic N) is 2. The topological polar surface area (TPSA) is 84.0 Å². The quantitative estimate of drug-likeness (QED) is 0.433. The van der Waals surface area contributed by atoms with Gasteiger partial charge < -0.3 is 9.64 Å². The molecule has 0 radical (unpaired) electrons. The minimum Gasteiger partial charge on any atom is -0.466 e. The van der Waals surface area contributed by atoms with E-state index in [1.807, 2.05) is 0 Å². The second-order valence-electron chi connectivity index (χ2n) is 8.36. The molecule has 0 spiro atoms. The fourth-order valence-electron chi connectivity index (χ4n) is 4.08. The molecule has 0 aromatic heterocycles. The monoisotopic (exact) mass is 496 g/mol. The molecule has 2 saturated heterocycles. The predicted octanol–water partition coefficient (Wildman–Crippen LogP) is 4.48. The number of imide groups is 1. The van der Waals surface area contributed by atoms with Gasteiger partial charge >= 0.3 is 5.97 Å². The number of amides is 3. The number of carbonyl (C=O) groups excluding carboxylic acids is 4. The Kier molecular flexibility index (Phi) is 7.65. The van der Waals surface area contributed by atoms with Gasteiger partial charge in [0.25, 0.3) is 17.1 Å². The minimum atomic E-state index is -0.414. The largest absolute Gasteiger partial charge is 0.466 e. The summed E-state index contributed by atoms with van der Waals surface area (Å²) in [6, 6.07) is 12.4. The molecule has 7 nitrogen and oxygen atoms in total. The summed E-state index contributed by atoms with van der Waals surface area (Å²) in [6.45, 7) is 3.06. The number of halogens is 1. The number of hydrogen-bond donors (Lipinski definition) is 0. The first-order valence-corrected chi connectivity index (χ1v) is 12.2. The fraction of sp³-hybridized carbons (Fsp3) is 0.308. The molecule has 2 fully saturated rings. The SMILES string of the molecule is CCOC(=O)C1CCCN(C(=O)c2ccc(/C=C3\SC(=O)N(Cc4ccc(F)cc4)C3=O)cc2)C1. The van der Waals surface area contributed by atoms with Crippen molar-refractivity contribution in [1.82, 2.24) is 9.80 Å². The fourth-order valence-corrected chi connectivity index (χ4v) is 4.92. The third kappa shape index (κ3) is 5.79. The summed E-state index contributed by atoms with van der Waals surface area (Å²) in [5, 5.41) is -0.390. The number of piperidine rings is 1. The zero-order chi connectivity index (χ0) is 24.9. The first-order valence-electron chi connectivity index (χ1n) is 11.4. The van der Waals surface area contributed by atoms with Crippen LogP contribution >= 0.6 is 11.8 Å². The van der Waals surface area contributed by atoms with Crippen molar-refractivity contribution in [2.24, 2.45) is 5.92 Å². The standard InChI is InChI=1S/C26H25FN2O5S/c1-2-34-25(32)20-4-3-13-28(16-20)23(30)19-9-5-17(6-10-19)14-22-24(31)29(26(33)35-22)15-18-7-11-21(27)12-8-18/h5-12,14,20H,2-4,13,15-16H2,1H3/b22-14-. The van der Waals surface area contributed by atoms with E-state index in [4.69, 9.17) is 4.74 Å². The maximum Gasteiger partial charge on any atom is 0.310 e. The summed E-state index contributed by atoms with van der Waals surface area (Å²) < 4.78 is 18.2. The summed E-state index contributed by atoms with van der Waals surface area (Å²) in [5.74, 6) is -1.54. The number of benzene rings is 2. The van der Waals surface area contributed by atoms with E-state index < -0.39 is 11.1 Å². The van der Waals surface area contributed by atoms with Gasteiger partial charge in [0, 0.05) is 18.7 Å². The lowest BCUT2D eigenvalue weighted by Gasteiger charge is -2.31. The second-order valence-corrected chi connectivity index (χ2v) is 9.35. The van der Waals surface area contributed by atoms with E-state index in [9.17, 15) is 23.6 Å². The van der Waals surface area contributed by atoms with Gasteiger partial charge in [-0.3, -0.25) is 24.1 Å². The molecule has 0 saturated carbocycles. The van der Waals surface area contributed by atoms with Crippen LogP contribution in [0.3, 0.4) is 0 Å². The third-order valence-electron chi connectivity index (χ3n) is 5.91. The number of thioether (sulfide) groups is 1. The van der Waals surface area contributed by atoms with E-state index >= 15 is 0 Å². The molecule has 0 aliphatic carbocycles. The van der Waals surface area contributed by atoms with E-state index in [1.165, 1.54) is 24.3 Å². The Morgan fingerprint density at radius 2 is 1.83 bits per heavy atom. The Labute approximate surface area is 206 Å². The highest BCUT2D eigenvalue weighted by Gasteiger charge is 2.35. The van der Waals surface area contributed by atoms with E-state index in [-0.39, 0.29) is 35.1 Å². The van der Waals surface area contributed by atoms with Gasteiger partial charge in [-0.1, -0.05) is 24.3 Å². The smallest absolute Gasteiger partial charge is 0.310 e. The highest BCUT2D eigenvalue weighted by atomic mass is 32.2. The Bertz CT molecular complexity index is 1160. The Hall–Kier alpha value is -3.46. The van der Waals surface area contributed by atoms with Crippen LogP contribution in [-0.2, 0) is 20.9 Å². The zero-order valence-electron chi connectivity index (χ0n) is 19.2. The molecular weight excluding hydrogens is 471 g/mol. The van der Waals surface area contributed by atoms with Crippen LogP contribution in [0.25, 0.3) is 6.08 Å². The van der Waals surface area contributed by atoms with Crippen molar-refractivity contribution in [3.05, 3.63) is 75.9 Å². The molecule has 0 bridgehead atoms. The number of ether oxygens (including phenoxy) is 1. The van der Waals surface area contributed by atoms with Crippen molar-refractivity contribution in [2.45, 2.75) is 26.3 Å². The predicted molar refractivity (Wildman–Crippen MR) is 130 cm³/mol. The number of hydrogen-bond acceptors (Lipinski definition) is 6. The Morgan fingerprint density at radius 3 is 2.51 bits per heavy atom. The lowest BCUT2D eigenvalue weighted by atomic mass is 9.97. The molecule has 1 unspecified atom stereocenters. The van der Waals surface area contributed by atoms with Crippen LogP contribution in [0.15, 0.2) is 53.4 Å². The highest BCUT2D eigenvalue weighted by Crippen LogP contribution is 2.33. The summed E-state index contributed by atoms with van der Waals surface area (Å²) >= 11 is 0.845. The van der Waals surface area contributed by atoms with Crippen molar-refractivity contribution in [2.75, 3.05) is 19.7 Å². The Morgan fingerprint density at radius 1 is 1.11 bits per heavy atom. The lowest BCUT2D eigenvalue weighted by molar-refractivity contribution is -0.149. The average Bonchev–Trinajstić information content (AvgIpc) is 3.13. The maximum atomic E-state index is 13.1. The van der Waals surface area contributed by atoms with Crippen LogP contribution in [0.1, 0.15) is 41.3 Å². The minimum absolute atomic E-state index is 0.0678. The molecule has 4 rings (SSSR count). The number of esters is 1. The molecule has 2 aromatic rings. The second kappa shape index (κ2) is 10.9. The molecule has 182 valence electrons. The molecule has 3 amide bonds. The van der Waals surface area contributed by atoms with E-state index in [2.05, 4.69) is 0 Å². The van der Waals surface area contributed by atoms with Gasteiger partial charge in [-0.05, 0) is 73.0 Å². The van der Waals surface area contributed by atoms with Gasteiger partial charge in [-0.15, -0.1) is 0 Å². The first kappa shape index (κ1) is 24.7. The molecule has 0 N–H and O–H groups in total. The molecule has 2 aliphatic rings. The first-order chi connectivity index (χ1) is 16.9. The van der Waals surface area contributed by atoms with E-state index in [0.717, 1.165) is 23.1 Å². The normalized spacial score (nSPS) is 19.4. The van der Waals surface area contributed by atoms with Crippen LogP contribution in [0.4, 0.5) is 9.18 Å². The van der Waals surface area contributed by atoms with Gasteiger partial charge in [0.2, 0.25) is 0 Å². The van der Waals surface area contributed by atoms with Crippen LogP contribution in [0, 0.1) is 11.7 Å². The maximum absolute atomic E-state index is 13.1. The van der Waals surface area contributed by atoms with Crippen LogP contribution in [0.2, 0.25) is 0 Å². The van der Waals surface area contributed by atoms with Crippen molar-refractivity contribution < 1.29 is 28.3 Å². The summed E-state index contributed by atoms with van der Waals surface area (Å²) in [7, 11) is 0. The molecule has 35 heavy (non-hydrogen) atoms. The Balaban J connectivity index is 1.41. The van der Waals surface area contributed by atoms with Crippen LogP contribution < -0.4 is 0 Å². The number of carbonyl (C=O) groups is 4. The summed E-state index contributed by atoms with van der Waals surface area (Å²) in [4.78, 5) is 53.2. The van der Waals surface area contributed by atoms with Crippen molar-refractivity contribution in [1.29, 1.82) is 0 Å². The van der Waals surface area contributed by atoms with Crippen molar-refractivity contribution >= 4 is 40.9 Å². The van der Waals surface area contributed by atoms with Crippen molar-refractivity contribution in [3.63, 3.8) is 0 Å². The number of rotatable bonds is 6. The van der Waals surface area contributed by atoms with Crippen molar-refractivity contribution in [3.8, 4) is 0 Å². The van der Waals surface area contributed by atoms with Gasteiger partial charge in [0.1, 0.15) is 5.82 Å². The molecule has 2 heterocycles. The van der Waals surface area contributed by atoms with Gasteiger partial charge in [0.05, 0.1) is 24.0 Å². The van der Waals surface area contributed by atoms with Gasteiger partial charge in [0.15, 0.2) is 0 Å². The summed E-state index contributed by atoms with van der Waals surface area (Å²) in [6.07, 6.45) is 3.06. The molecule has 9 heteroatoms. The van der Waals surface area contributed by atoms with E-state index in [1.54, 1.807) is 42.2 Å². The summed E-state index contributed by atoms with van der Waals surface area (Å²) in [5.41, 5.74) is 1.81. The van der Waals surface area contributed by atoms with Gasteiger partial charge in [-0.25, -0.2) is 4.39 Å².